The first kappa shape index (κ1) is 17.3. The first-order valence-corrected chi connectivity index (χ1v) is 7.92. The molecule has 0 fully saturated rings. The van der Waals surface area contributed by atoms with Gasteiger partial charge in [0.15, 0.2) is 17.2 Å². The zero-order chi connectivity index (χ0) is 18.5. The maximum absolute atomic E-state index is 12.4. The lowest BCUT2D eigenvalue weighted by Gasteiger charge is -2.12. The summed E-state index contributed by atoms with van der Waals surface area (Å²) < 4.78 is 16.0. The number of rotatable bonds is 6. The van der Waals surface area contributed by atoms with Gasteiger partial charge in [0, 0.05) is 17.8 Å². The van der Waals surface area contributed by atoms with E-state index in [1.54, 1.807) is 32.4 Å². The molecule has 3 aromatic rings. The number of amides is 1. The molecule has 0 aliphatic heterocycles. The smallest absolute Gasteiger partial charge is 0.273 e. The van der Waals surface area contributed by atoms with Crippen LogP contribution >= 0.6 is 0 Å². The van der Waals surface area contributed by atoms with Gasteiger partial charge in [0.1, 0.15) is 6.26 Å². The number of carbonyl (C=O) groups excluding carboxylic acids is 1. The number of nitrogens with one attached hydrogen (secondary N) is 1. The highest BCUT2D eigenvalue weighted by Gasteiger charge is 2.16. The fourth-order valence-electron chi connectivity index (χ4n) is 2.55. The summed E-state index contributed by atoms with van der Waals surface area (Å²) in [5.41, 5.74) is 8.04. The van der Waals surface area contributed by atoms with Crippen LogP contribution in [0.25, 0.3) is 11.5 Å². The van der Waals surface area contributed by atoms with E-state index in [1.165, 1.54) is 6.26 Å². The molecule has 26 heavy (non-hydrogen) atoms. The van der Waals surface area contributed by atoms with E-state index in [1.807, 2.05) is 24.3 Å². The Labute approximate surface area is 150 Å². The third kappa shape index (κ3) is 3.46. The number of anilines is 1. The number of ether oxygens (including phenoxy) is 2. The molecule has 0 unspecified atom stereocenters. The van der Waals surface area contributed by atoms with Crippen molar-refractivity contribution in [3.05, 3.63) is 60.0 Å². The second kappa shape index (κ2) is 7.60. The van der Waals surface area contributed by atoms with Crippen LogP contribution in [0.15, 0.2) is 53.1 Å². The fraction of sp³-hybridized carbons (Fsp3) is 0.158. The van der Waals surface area contributed by atoms with E-state index < -0.39 is 0 Å². The van der Waals surface area contributed by atoms with Crippen molar-refractivity contribution in [3.63, 3.8) is 0 Å². The van der Waals surface area contributed by atoms with Gasteiger partial charge >= 0.3 is 0 Å². The summed E-state index contributed by atoms with van der Waals surface area (Å²) in [5.74, 6) is 1.11. The summed E-state index contributed by atoms with van der Waals surface area (Å²) in [6.45, 7) is 0.259. The van der Waals surface area contributed by atoms with Gasteiger partial charge in [-0.05, 0) is 18.2 Å². The van der Waals surface area contributed by atoms with Gasteiger partial charge in [-0.25, -0.2) is 4.98 Å². The van der Waals surface area contributed by atoms with Crippen LogP contribution < -0.4 is 20.5 Å². The highest BCUT2D eigenvalue weighted by molar-refractivity contribution is 5.92. The topological polar surface area (TPSA) is 99.6 Å². The van der Waals surface area contributed by atoms with E-state index in [0.29, 0.717) is 28.6 Å². The van der Waals surface area contributed by atoms with Crippen LogP contribution in [-0.4, -0.2) is 25.1 Å². The molecule has 0 radical (unpaired) electrons. The minimum atomic E-state index is -0.362. The average molecular weight is 353 g/mol. The van der Waals surface area contributed by atoms with E-state index in [4.69, 9.17) is 19.6 Å². The molecule has 1 amide bonds. The quantitative estimate of drug-likeness (QED) is 0.661. The summed E-state index contributed by atoms with van der Waals surface area (Å²) in [6, 6.07) is 12.6. The van der Waals surface area contributed by atoms with Crippen molar-refractivity contribution in [1.29, 1.82) is 0 Å². The monoisotopic (exact) mass is 353 g/mol. The average Bonchev–Trinajstić information content (AvgIpc) is 3.16. The first-order valence-electron chi connectivity index (χ1n) is 7.92. The van der Waals surface area contributed by atoms with Gasteiger partial charge < -0.3 is 24.9 Å². The minimum absolute atomic E-state index is 0.171. The lowest BCUT2D eigenvalue weighted by Crippen LogP contribution is -2.23. The molecule has 3 rings (SSSR count). The lowest BCUT2D eigenvalue weighted by atomic mass is 10.2. The van der Waals surface area contributed by atoms with Gasteiger partial charge in [-0.15, -0.1) is 0 Å². The van der Waals surface area contributed by atoms with Crippen molar-refractivity contribution in [2.45, 2.75) is 6.54 Å². The van der Waals surface area contributed by atoms with Gasteiger partial charge in [0.2, 0.25) is 5.89 Å². The van der Waals surface area contributed by atoms with E-state index in [0.717, 1.165) is 5.56 Å². The number of carbonyl (C=O) groups is 1. The molecule has 0 atom stereocenters. The first-order chi connectivity index (χ1) is 12.6. The number of nitrogen functional groups attached to an aromatic ring is 1. The van der Waals surface area contributed by atoms with Crippen LogP contribution in [0, 0.1) is 0 Å². The van der Waals surface area contributed by atoms with Crippen LogP contribution in [0.4, 0.5) is 5.69 Å². The van der Waals surface area contributed by atoms with Crippen LogP contribution in [-0.2, 0) is 6.54 Å². The molecule has 0 spiro atoms. The van der Waals surface area contributed by atoms with Crippen LogP contribution in [0.5, 0.6) is 11.5 Å². The Bertz CT molecular complexity index is 921. The summed E-state index contributed by atoms with van der Waals surface area (Å²) in [5, 5.41) is 2.79. The Morgan fingerprint density at radius 1 is 1.15 bits per heavy atom. The number of aromatic nitrogens is 1. The van der Waals surface area contributed by atoms with Crippen molar-refractivity contribution in [3.8, 4) is 23.0 Å². The van der Waals surface area contributed by atoms with Crippen LogP contribution in [0.3, 0.4) is 0 Å². The highest BCUT2D eigenvalue weighted by atomic mass is 16.5. The number of nitrogens with two attached hydrogens (primary N) is 1. The number of hydrogen-bond donors (Lipinski definition) is 2. The Hall–Kier alpha value is -3.48. The summed E-state index contributed by atoms with van der Waals surface area (Å²) >= 11 is 0. The van der Waals surface area contributed by atoms with Crippen molar-refractivity contribution < 1.29 is 18.7 Å². The van der Waals surface area contributed by atoms with E-state index in [-0.39, 0.29) is 18.1 Å². The Morgan fingerprint density at radius 3 is 2.69 bits per heavy atom. The Kier molecular flexibility index (Phi) is 5.07. The summed E-state index contributed by atoms with van der Waals surface area (Å²) in [7, 11) is 3.11. The SMILES string of the molecule is COc1cccc(CNC(=O)c2coc(-c3ccccc3N)n2)c1OC. The second-order valence-electron chi connectivity index (χ2n) is 5.46. The molecule has 0 saturated carbocycles. The van der Waals surface area contributed by atoms with Gasteiger partial charge in [-0.3, -0.25) is 4.79 Å². The molecule has 1 aromatic heterocycles. The molecule has 134 valence electrons. The summed E-state index contributed by atoms with van der Waals surface area (Å²) in [6.07, 6.45) is 1.31. The molecule has 7 nitrogen and oxygen atoms in total. The predicted octanol–water partition coefficient (Wildman–Crippen LogP) is 2.87. The molecule has 1 heterocycles. The van der Waals surface area contributed by atoms with Crippen molar-refractivity contribution in [1.82, 2.24) is 10.3 Å². The molecule has 3 N–H and O–H groups in total. The molecule has 0 bridgehead atoms. The minimum Gasteiger partial charge on any atom is -0.493 e. The molecule has 0 aliphatic carbocycles. The maximum Gasteiger partial charge on any atom is 0.273 e. The number of hydrogen-bond acceptors (Lipinski definition) is 6. The van der Waals surface area contributed by atoms with Gasteiger partial charge in [0.05, 0.1) is 19.8 Å². The largest absolute Gasteiger partial charge is 0.493 e. The molecular formula is C19H19N3O4. The number of benzene rings is 2. The number of para-hydroxylation sites is 2. The van der Waals surface area contributed by atoms with Gasteiger partial charge in [0.25, 0.3) is 5.91 Å². The molecule has 2 aromatic carbocycles. The van der Waals surface area contributed by atoms with Gasteiger partial charge in [-0.2, -0.15) is 0 Å². The Balaban J connectivity index is 1.73. The fourth-order valence-corrected chi connectivity index (χ4v) is 2.55. The molecule has 0 saturated heterocycles. The standard InChI is InChI=1S/C19H19N3O4/c1-24-16-9-5-6-12(17(16)25-2)10-21-18(23)15-11-26-19(22-15)13-7-3-4-8-14(13)20/h3-9,11H,10,20H2,1-2H3,(H,21,23). The van der Waals surface area contributed by atoms with E-state index >= 15 is 0 Å². The van der Waals surface area contributed by atoms with E-state index in [9.17, 15) is 4.79 Å². The maximum atomic E-state index is 12.4. The van der Waals surface area contributed by atoms with E-state index in [2.05, 4.69) is 10.3 Å². The number of methoxy groups -OCH3 is 2. The van der Waals surface area contributed by atoms with Crippen LogP contribution in [0.1, 0.15) is 16.1 Å². The van der Waals surface area contributed by atoms with Crippen LogP contribution in [0.2, 0.25) is 0 Å². The van der Waals surface area contributed by atoms with Crippen molar-refractivity contribution in [2.24, 2.45) is 0 Å². The summed E-state index contributed by atoms with van der Waals surface area (Å²) in [4.78, 5) is 16.6. The zero-order valence-electron chi connectivity index (χ0n) is 14.5. The van der Waals surface area contributed by atoms with Crippen molar-refractivity contribution in [2.75, 3.05) is 20.0 Å². The molecule has 7 heteroatoms. The number of oxazole rings is 1. The van der Waals surface area contributed by atoms with Crippen molar-refractivity contribution >= 4 is 11.6 Å². The zero-order valence-corrected chi connectivity index (χ0v) is 14.5. The third-order valence-electron chi connectivity index (χ3n) is 3.85. The second-order valence-corrected chi connectivity index (χ2v) is 5.46. The molecular weight excluding hydrogens is 334 g/mol. The Morgan fingerprint density at radius 2 is 1.96 bits per heavy atom. The number of nitrogens with zero attached hydrogens (tertiary/aromatic N) is 1. The molecule has 0 aliphatic rings. The van der Waals surface area contributed by atoms with Gasteiger partial charge in [-0.1, -0.05) is 24.3 Å². The highest BCUT2D eigenvalue weighted by Crippen LogP contribution is 2.30. The predicted molar refractivity (Wildman–Crippen MR) is 97.1 cm³/mol. The normalized spacial score (nSPS) is 10.4. The lowest BCUT2D eigenvalue weighted by molar-refractivity contribution is 0.0945. The third-order valence-corrected chi connectivity index (χ3v) is 3.85.